The summed E-state index contributed by atoms with van der Waals surface area (Å²) < 4.78 is 21.7. The van der Waals surface area contributed by atoms with Crippen molar-refractivity contribution in [1.82, 2.24) is 10.6 Å². The third-order valence-corrected chi connectivity index (χ3v) is 4.18. The summed E-state index contributed by atoms with van der Waals surface area (Å²) in [5.74, 6) is -1.61. The normalized spacial score (nSPS) is 22.5. The highest BCUT2D eigenvalue weighted by Crippen LogP contribution is 2.14. The van der Waals surface area contributed by atoms with Gasteiger partial charge in [0.2, 0.25) is 5.91 Å². The predicted molar refractivity (Wildman–Crippen MR) is 79.0 cm³/mol. The van der Waals surface area contributed by atoms with Gasteiger partial charge in [0.15, 0.2) is 0 Å². The summed E-state index contributed by atoms with van der Waals surface area (Å²) in [5.41, 5.74) is -0.894. The second-order valence-electron chi connectivity index (χ2n) is 5.62. The smallest absolute Gasteiger partial charge is 0.408 e. The second kappa shape index (κ2) is 6.91. The Balaban J connectivity index is 2.88. The van der Waals surface area contributed by atoms with E-state index in [1.807, 2.05) is 0 Å². The third kappa shape index (κ3) is 4.83. The molecule has 0 aromatic carbocycles. The Morgan fingerprint density at radius 2 is 1.95 bits per heavy atom. The number of hydrogen-bond donors (Lipinski definition) is 2. The number of carbonyl (C=O) groups excluding carboxylic acids is 3. The van der Waals surface area contributed by atoms with E-state index in [2.05, 4.69) is 15.4 Å². The fourth-order valence-corrected chi connectivity index (χ4v) is 2.77. The van der Waals surface area contributed by atoms with Crippen molar-refractivity contribution in [3.8, 4) is 0 Å². The van der Waals surface area contributed by atoms with Crippen molar-refractivity contribution in [1.29, 1.82) is 0 Å². The molecule has 0 aromatic heterocycles. The molecule has 1 unspecified atom stereocenters. The Labute approximate surface area is 131 Å². The lowest BCUT2D eigenvalue weighted by Crippen LogP contribution is -2.49. The van der Waals surface area contributed by atoms with Gasteiger partial charge in [-0.3, -0.25) is 9.00 Å². The standard InChI is InChI=1S/C13H20N2O6S/c1-7-9(11(17)20-5)15-10(16)8(6-22(7)19)14-12(18)21-13(2,3)4/h8H,6H2,1-5H3,(H,14,18)(H,15,16)/t8-,22?/m0/s1. The quantitative estimate of drug-likeness (QED) is 0.697. The van der Waals surface area contributed by atoms with Crippen molar-refractivity contribution in [3.05, 3.63) is 10.6 Å². The van der Waals surface area contributed by atoms with E-state index in [9.17, 15) is 18.6 Å². The van der Waals surface area contributed by atoms with Gasteiger partial charge in [0, 0.05) is 4.91 Å². The zero-order valence-electron chi connectivity index (χ0n) is 13.1. The highest BCUT2D eigenvalue weighted by molar-refractivity contribution is 7.89. The molecule has 0 bridgehead atoms. The van der Waals surface area contributed by atoms with Crippen LogP contribution in [0.3, 0.4) is 0 Å². The van der Waals surface area contributed by atoms with Gasteiger partial charge in [-0.2, -0.15) is 0 Å². The van der Waals surface area contributed by atoms with Crippen LogP contribution in [0.25, 0.3) is 0 Å². The molecule has 9 heteroatoms. The Kier molecular flexibility index (Phi) is 5.70. The highest BCUT2D eigenvalue weighted by atomic mass is 32.2. The predicted octanol–water partition coefficient (Wildman–Crippen LogP) is 0.163. The van der Waals surface area contributed by atoms with Crippen molar-refractivity contribution in [2.24, 2.45) is 0 Å². The van der Waals surface area contributed by atoms with Crippen LogP contribution in [-0.2, 0) is 29.9 Å². The Hall–Kier alpha value is -1.90. The van der Waals surface area contributed by atoms with Crippen molar-refractivity contribution >= 4 is 28.8 Å². The van der Waals surface area contributed by atoms with Crippen LogP contribution in [0, 0.1) is 0 Å². The number of allylic oxidation sites excluding steroid dienone is 1. The molecule has 8 nitrogen and oxygen atoms in total. The Morgan fingerprint density at radius 1 is 1.36 bits per heavy atom. The zero-order chi connectivity index (χ0) is 17.1. The van der Waals surface area contributed by atoms with E-state index in [-0.39, 0.29) is 16.4 Å². The molecule has 1 heterocycles. The van der Waals surface area contributed by atoms with Gasteiger partial charge in [-0.1, -0.05) is 0 Å². The molecule has 0 saturated heterocycles. The average molecular weight is 332 g/mol. The molecule has 0 aliphatic carbocycles. The minimum Gasteiger partial charge on any atom is -0.464 e. The summed E-state index contributed by atoms with van der Waals surface area (Å²) in [4.78, 5) is 35.6. The molecule has 124 valence electrons. The highest BCUT2D eigenvalue weighted by Gasteiger charge is 2.33. The molecule has 1 rings (SSSR count). The molecule has 2 N–H and O–H groups in total. The first kappa shape index (κ1) is 18.1. The second-order valence-corrected chi connectivity index (χ2v) is 7.26. The molecule has 0 spiro atoms. The maximum atomic E-state index is 12.1. The minimum atomic E-state index is -1.62. The molecule has 0 fully saturated rings. The van der Waals surface area contributed by atoms with Crippen LogP contribution in [0.4, 0.5) is 4.79 Å². The summed E-state index contributed by atoms with van der Waals surface area (Å²) in [6, 6.07) is -1.08. The van der Waals surface area contributed by atoms with E-state index < -0.39 is 40.4 Å². The zero-order valence-corrected chi connectivity index (χ0v) is 14.0. The van der Waals surface area contributed by atoms with Gasteiger partial charge in [0.1, 0.15) is 17.3 Å². The molecule has 2 amide bonds. The van der Waals surface area contributed by atoms with E-state index in [1.54, 1.807) is 20.8 Å². The summed E-state index contributed by atoms with van der Waals surface area (Å²) in [6.45, 7) is 6.50. The fraction of sp³-hybridized carbons (Fsp3) is 0.615. The molecule has 1 aliphatic rings. The molecule has 0 saturated carbocycles. The lowest BCUT2D eigenvalue weighted by Gasteiger charge is -2.22. The van der Waals surface area contributed by atoms with Crippen molar-refractivity contribution in [2.45, 2.75) is 39.3 Å². The Bertz CT molecular complexity index is 549. The van der Waals surface area contributed by atoms with Crippen LogP contribution in [0.2, 0.25) is 0 Å². The Morgan fingerprint density at radius 3 is 2.45 bits per heavy atom. The first-order valence-corrected chi connectivity index (χ1v) is 7.85. The number of methoxy groups -OCH3 is 1. The van der Waals surface area contributed by atoms with Crippen molar-refractivity contribution in [3.63, 3.8) is 0 Å². The number of carbonyl (C=O) groups is 3. The molecular weight excluding hydrogens is 312 g/mol. The SMILES string of the molecule is COC(=O)C1=C(C)S(=O)C[C@H](NC(=O)OC(C)(C)C)C(=O)N1. The summed E-state index contributed by atoms with van der Waals surface area (Å²) in [5, 5.41) is 4.68. The molecular formula is C13H20N2O6S. The van der Waals surface area contributed by atoms with Gasteiger partial charge in [0.05, 0.1) is 23.7 Å². The number of alkyl carbamates (subject to hydrolysis) is 1. The lowest BCUT2D eigenvalue weighted by molar-refractivity contribution is -0.137. The van der Waals surface area contributed by atoms with E-state index in [4.69, 9.17) is 4.74 Å². The van der Waals surface area contributed by atoms with E-state index in [0.29, 0.717) is 0 Å². The molecule has 0 aromatic rings. The fourth-order valence-electron chi connectivity index (χ4n) is 1.62. The van der Waals surface area contributed by atoms with Crippen LogP contribution < -0.4 is 10.6 Å². The average Bonchev–Trinajstić information content (AvgIpc) is 2.48. The maximum Gasteiger partial charge on any atom is 0.408 e. The van der Waals surface area contributed by atoms with Crippen molar-refractivity contribution in [2.75, 3.05) is 12.9 Å². The number of rotatable bonds is 2. The van der Waals surface area contributed by atoms with Gasteiger partial charge in [0.25, 0.3) is 0 Å². The number of hydrogen-bond acceptors (Lipinski definition) is 6. The third-order valence-electron chi connectivity index (χ3n) is 2.66. The first-order valence-electron chi connectivity index (χ1n) is 6.53. The number of nitrogens with one attached hydrogen (secondary N) is 2. The molecule has 2 atom stereocenters. The van der Waals surface area contributed by atoms with Crippen molar-refractivity contribution < 1.29 is 28.1 Å². The lowest BCUT2D eigenvalue weighted by atomic mass is 10.2. The monoisotopic (exact) mass is 332 g/mol. The van der Waals surface area contributed by atoms with Gasteiger partial charge >= 0.3 is 12.1 Å². The van der Waals surface area contributed by atoms with Crippen LogP contribution in [0.15, 0.2) is 10.6 Å². The molecule has 22 heavy (non-hydrogen) atoms. The van der Waals surface area contributed by atoms with Crippen LogP contribution >= 0.6 is 0 Å². The minimum absolute atomic E-state index is 0.155. The topological polar surface area (TPSA) is 111 Å². The number of esters is 1. The summed E-state index contributed by atoms with van der Waals surface area (Å²) in [6.07, 6.45) is -0.802. The number of ether oxygens (including phenoxy) is 2. The summed E-state index contributed by atoms with van der Waals surface area (Å²) in [7, 11) is -0.468. The van der Waals surface area contributed by atoms with Gasteiger partial charge in [-0.15, -0.1) is 0 Å². The van der Waals surface area contributed by atoms with Crippen LogP contribution in [0.5, 0.6) is 0 Å². The maximum absolute atomic E-state index is 12.1. The van der Waals surface area contributed by atoms with Gasteiger partial charge < -0.3 is 20.1 Å². The van der Waals surface area contributed by atoms with Gasteiger partial charge in [-0.25, -0.2) is 9.59 Å². The van der Waals surface area contributed by atoms with E-state index >= 15 is 0 Å². The number of amides is 2. The van der Waals surface area contributed by atoms with Gasteiger partial charge in [-0.05, 0) is 27.7 Å². The first-order chi connectivity index (χ1) is 10.0. The van der Waals surface area contributed by atoms with E-state index in [1.165, 1.54) is 6.92 Å². The van der Waals surface area contributed by atoms with Crippen LogP contribution in [-0.4, -0.2) is 46.7 Å². The van der Waals surface area contributed by atoms with E-state index in [0.717, 1.165) is 7.11 Å². The largest absolute Gasteiger partial charge is 0.464 e. The summed E-state index contributed by atoms with van der Waals surface area (Å²) >= 11 is 0. The molecule has 0 radical (unpaired) electrons. The molecule has 1 aliphatic heterocycles. The van der Waals surface area contributed by atoms with Crippen LogP contribution in [0.1, 0.15) is 27.7 Å².